The normalized spacial score (nSPS) is 21.8. The van der Waals surface area contributed by atoms with Crippen LogP contribution in [0, 0.1) is 57.3 Å². The van der Waals surface area contributed by atoms with Gasteiger partial charge in [0.2, 0.25) is 29.0 Å². The number of benzene rings is 6. The van der Waals surface area contributed by atoms with Gasteiger partial charge in [0.25, 0.3) is 0 Å². The molecule has 0 amide bonds. The molecule has 10 aromatic rings. The Kier molecular flexibility index (Phi) is 17.1. The van der Waals surface area contributed by atoms with Crippen LogP contribution in [0.1, 0.15) is 129 Å². The van der Waals surface area contributed by atoms with Crippen molar-refractivity contribution in [3.63, 3.8) is 0 Å². The summed E-state index contributed by atoms with van der Waals surface area (Å²) >= 11 is 9.20. The first-order valence-electron chi connectivity index (χ1n) is 34.8. The minimum absolute atomic E-state index is 0.187. The molecule has 4 fully saturated rings. The lowest BCUT2D eigenvalue weighted by atomic mass is 9.85. The van der Waals surface area contributed by atoms with Crippen molar-refractivity contribution >= 4 is 147 Å². The van der Waals surface area contributed by atoms with Crippen LogP contribution in [-0.2, 0) is 12.8 Å². The molecule has 4 saturated heterocycles. The molecular weight excluding hydrogens is 1400 g/mol. The predicted octanol–water partition coefficient (Wildman–Crippen LogP) is 13.7. The molecule has 12 heterocycles. The van der Waals surface area contributed by atoms with E-state index in [2.05, 4.69) is 31.2 Å². The van der Waals surface area contributed by atoms with E-state index in [0.717, 1.165) is 102 Å². The summed E-state index contributed by atoms with van der Waals surface area (Å²) < 4.78 is 5.18. The topological polar surface area (TPSA) is 307 Å². The highest BCUT2D eigenvalue weighted by Gasteiger charge is 2.57. The number of Topliss-reactive ketones (excluding diaryl/α,β-unsaturated/α-hetero) is 4. The Hall–Kier alpha value is -11.1. The van der Waals surface area contributed by atoms with E-state index in [-0.39, 0.29) is 29.6 Å². The monoisotopic (exact) mass is 1470 g/mol. The lowest BCUT2D eigenvalue weighted by Gasteiger charge is -2.30. The van der Waals surface area contributed by atoms with Gasteiger partial charge >= 0.3 is 0 Å². The zero-order chi connectivity index (χ0) is 74.0. The van der Waals surface area contributed by atoms with Crippen LogP contribution in [0.5, 0.6) is 5.88 Å². The summed E-state index contributed by atoms with van der Waals surface area (Å²) in [6.45, 7) is 11.8. The van der Waals surface area contributed by atoms with Gasteiger partial charge in [0.05, 0.1) is 69.1 Å². The average Bonchev–Trinajstić information content (AvgIpc) is 1.56. The molecule has 4 atom stereocenters. The number of methoxy groups -OCH3 is 1. The van der Waals surface area contributed by atoms with Crippen LogP contribution in [0.4, 0.5) is 44.1 Å². The Morgan fingerprint density at radius 1 is 0.519 bits per heavy atom. The van der Waals surface area contributed by atoms with Crippen LogP contribution in [0.25, 0.3) is 21.8 Å². The van der Waals surface area contributed by atoms with Crippen molar-refractivity contribution in [2.75, 3.05) is 52.9 Å². The number of halogens is 1. The first-order chi connectivity index (χ1) is 50.9. The lowest BCUT2D eigenvalue weighted by Crippen LogP contribution is -2.48. The van der Waals surface area contributed by atoms with E-state index in [9.17, 15) is 39.6 Å². The van der Waals surface area contributed by atoms with Gasteiger partial charge in [0.15, 0.2) is 34.1 Å². The van der Waals surface area contributed by atoms with E-state index in [0.29, 0.717) is 135 Å². The molecule has 4 aromatic heterocycles. The highest BCUT2D eigenvalue weighted by Crippen LogP contribution is 2.50. The largest absolute Gasteiger partial charge is 0.481 e. The van der Waals surface area contributed by atoms with Crippen LogP contribution in [0.3, 0.4) is 0 Å². The van der Waals surface area contributed by atoms with Crippen molar-refractivity contribution in [3.05, 3.63) is 210 Å². The molecule has 22 nitrogen and oxygen atoms in total. The number of aromatic nitrogens is 3. The fourth-order valence-corrected chi connectivity index (χ4v) is 17.9. The first kappa shape index (κ1) is 69.3. The quantitative estimate of drug-likeness (QED) is 0.124. The summed E-state index contributed by atoms with van der Waals surface area (Å²) in [6, 6.07) is 42.9. The number of aliphatic hydroxyl groups is 4. The zero-order valence-corrected chi connectivity index (χ0v) is 60.9. The molecule has 0 bridgehead atoms. The van der Waals surface area contributed by atoms with Gasteiger partial charge in [-0.1, -0.05) is 23.2 Å². The Labute approximate surface area is 621 Å². The molecule has 1 aliphatic carbocycles. The first-order valence-corrected chi connectivity index (χ1v) is 36.8. The standard InChI is InChI=1S/C22H19N3O3.C21H18N4O2.C20H17N3O2S.C18H14ClN3O2S/c1-13-3-6-18-16(11-13)20(26)22(27)9-10-25(21(22)24-18)15-5-7-17-14(12-15)4-8-19(23-17)28-2;1-12-9-16-18(10-13(12)2)23-20-21(27,19(16)26)6-8-25(20)15-3-4-17-14(11-15)5-7-22-24-17;21-11-12-5-7-13(8-6-12)23-10-9-20(25)17(24)16-14-3-1-2-4-15(14)26-18(16)22-19(20)23;1-9-10(2)25-16-14(9)15(23)18(24)5-6-22(17(18)21-16)12-4-3-11(8-20)13(19)7-12/h3-8,11-12,27H,9-10H2,1-2H3;3-5,7,9-11,27H,6,8H2,1-2H3;5-8,25H,1-4,9-10H2;3-4,7,24H,5-6H2,1-2H3/t22-;21-;20-;18-/m1111/s1. The van der Waals surface area contributed by atoms with Gasteiger partial charge in [-0.05, 0) is 198 Å². The van der Waals surface area contributed by atoms with Crippen LogP contribution >= 0.6 is 34.3 Å². The Balaban J connectivity index is 0.000000108. The van der Waals surface area contributed by atoms with Gasteiger partial charge in [-0.25, -0.2) is 25.0 Å². The number of pyridine rings is 1. The predicted molar refractivity (Wildman–Crippen MR) is 410 cm³/mol. The van der Waals surface area contributed by atoms with Gasteiger partial charge in [-0.3, -0.25) is 19.2 Å². The maximum Gasteiger partial charge on any atom is 0.213 e. The van der Waals surface area contributed by atoms with Crippen molar-refractivity contribution in [1.29, 1.82) is 10.5 Å². The molecule has 8 aliphatic heterocycles. The highest BCUT2D eigenvalue weighted by atomic mass is 35.5. The van der Waals surface area contributed by atoms with Crippen molar-refractivity contribution in [3.8, 4) is 18.0 Å². The number of carbonyl (C=O) groups excluding carboxylic acids is 4. The molecule has 0 unspecified atom stereocenters. The van der Waals surface area contributed by atoms with Gasteiger partial charge in [-0.15, -0.1) is 22.7 Å². The number of anilines is 4. The molecule has 25 heteroatoms. The third kappa shape index (κ3) is 11.3. The van der Waals surface area contributed by atoms with E-state index in [4.69, 9.17) is 36.8 Å². The summed E-state index contributed by atoms with van der Waals surface area (Å²) in [6.07, 6.45) is 7.06. The minimum Gasteiger partial charge on any atom is -0.481 e. The second kappa shape index (κ2) is 26.2. The molecule has 530 valence electrons. The average molecular weight is 1470 g/mol. The van der Waals surface area contributed by atoms with E-state index in [1.807, 2.05) is 146 Å². The molecule has 0 spiro atoms. The number of rotatable bonds is 5. The molecule has 0 radical (unpaired) electrons. The number of ketones is 4. The van der Waals surface area contributed by atoms with Crippen molar-refractivity contribution in [2.45, 2.75) is 108 Å². The lowest BCUT2D eigenvalue weighted by molar-refractivity contribution is 0.0599. The molecule has 106 heavy (non-hydrogen) atoms. The maximum atomic E-state index is 13.2. The fraction of sp³-hybridized carbons (Fsp3) is 0.272. The summed E-state index contributed by atoms with van der Waals surface area (Å²) in [4.78, 5) is 85.4. The number of aryl methyl sites for hydroxylation is 5. The van der Waals surface area contributed by atoms with Crippen molar-refractivity contribution in [1.82, 2.24) is 15.2 Å². The number of thiophene rings is 2. The smallest absolute Gasteiger partial charge is 0.213 e. The van der Waals surface area contributed by atoms with Crippen molar-refractivity contribution < 1.29 is 44.3 Å². The summed E-state index contributed by atoms with van der Waals surface area (Å²) in [5.74, 6) is 1.13. The molecule has 6 aromatic carbocycles. The van der Waals surface area contributed by atoms with Gasteiger partial charge in [0.1, 0.15) is 27.7 Å². The molecule has 0 saturated carbocycles. The second-order valence-electron chi connectivity index (χ2n) is 27.9. The van der Waals surface area contributed by atoms with Crippen molar-refractivity contribution in [2.24, 2.45) is 20.0 Å². The van der Waals surface area contributed by atoms with Crippen LogP contribution < -0.4 is 24.3 Å². The number of nitriles is 2. The maximum absolute atomic E-state index is 13.2. The Bertz CT molecular complexity index is 5720. The molecule has 9 aliphatic rings. The number of ether oxygens (including phenoxy) is 1. The number of hydrogen-bond acceptors (Lipinski definition) is 24. The molecular formula is C81H68ClN13O9S2. The van der Waals surface area contributed by atoms with E-state index < -0.39 is 22.4 Å². The number of carbonyl (C=O) groups is 4. The summed E-state index contributed by atoms with van der Waals surface area (Å²) in [7, 11) is 1.59. The number of amidine groups is 4. The van der Waals surface area contributed by atoms with E-state index in [1.165, 1.54) is 16.2 Å². The second-order valence-corrected chi connectivity index (χ2v) is 30.6. The molecule has 19 rings (SSSR count). The highest BCUT2D eigenvalue weighted by molar-refractivity contribution is 7.17. The zero-order valence-electron chi connectivity index (χ0n) is 58.5. The number of fused-ring (bicyclic) bond motifs is 12. The van der Waals surface area contributed by atoms with Crippen LogP contribution in [-0.4, -0.2) is 138 Å². The summed E-state index contributed by atoms with van der Waals surface area (Å²) in [5.41, 5.74) is 8.10. The Morgan fingerprint density at radius 2 is 1.05 bits per heavy atom. The minimum atomic E-state index is -1.61. The van der Waals surface area contributed by atoms with Crippen LogP contribution in [0.2, 0.25) is 5.02 Å². The van der Waals surface area contributed by atoms with Crippen LogP contribution in [0.15, 0.2) is 154 Å². The molecule has 4 N–H and O–H groups in total. The van der Waals surface area contributed by atoms with Gasteiger partial charge in [-0.2, -0.15) is 20.7 Å². The third-order valence-corrected chi connectivity index (χ3v) is 24.2. The number of aliphatic imine (C=N–C) groups is 4. The number of hydrogen-bond donors (Lipinski definition) is 4. The third-order valence-electron chi connectivity index (χ3n) is 21.6. The number of nitrogens with zero attached hydrogens (tertiary/aromatic N) is 13. The Morgan fingerprint density at radius 3 is 1.67 bits per heavy atom. The SMILES string of the molecule is COc1ccc2cc(N3CC[C@@]4(O)C(=O)c5cc(C)ccc5N=C34)ccc2n1.Cc1cc2c(cc1C)C(=O)[C@]1(O)CCN(c3ccc4nnccc4c3)C1=N2.Cc1sc2c(c1C)C(=O)[C@]1(O)CCN(c3ccc(C#N)c(Cl)c3)C1=N2.N#Cc1ccc(N2CC[C@@]3(O)C(=O)c4c(sc5c4CCCC5)N=C23)cc1. The summed E-state index contributed by atoms with van der Waals surface area (Å²) in [5, 5.41) is 74.3. The van der Waals surface area contributed by atoms with Gasteiger partial charge in [0, 0.05) is 112 Å². The van der Waals surface area contributed by atoms with E-state index in [1.54, 1.807) is 65.9 Å². The van der Waals surface area contributed by atoms with E-state index >= 15 is 0 Å². The van der Waals surface area contributed by atoms with Gasteiger partial charge < -0.3 is 44.8 Å². The fourth-order valence-electron chi connectivity index (χ4n) is 15.4.